The second-order valence-electron chi connectivity index (χ2n) is 8.25. The maximum Gasteiger partial charge on any atom is 0.415 e. The van der Waals surface area contributed by atoms with Crippen LogP contribution < -0.4 is 4.90 Å². The van der Waals surface area contributed by atoms with Crippen molar-refractivity contribution in [3.63, 3.8) is 0 Å². The van der Waals surface area contributed by atoms with Crippen molar-refractivity contribution in [1.82, 2.24) is 9.97 Å². The minimum absolute atomic E-state index is 0.0416. The van der Waals surface area contributed by atoms with Crippen molar-refractivity contribution in [2.75, 3.05) is 11.5 Å². The first-order valence-electron chi connectivity index (χ1n) is 10.0. The van der Waals surface area contributed by atoms with Crippen molar-refractivity contribution in [2.45, 2.75) is 57.9 Å². The number of ether oxygens (including phenoxy) is 1. The SMILES string of the molecule is CC(C)[C@H]1COC(=O)N1c1ccnc(C[C@@H](C)c2ccc(C3CC3)cc2F)n1. The van der Waals surface area contributed by atoms with Gasteiger partial charge in [0.15, 0.2) is 0 Å². The number of nitrogens with zero attached hydrogens (tertiary/aromatic N) is 3. The number of carbonyl (C=O) groups is 1. The molecular weight excluding hydrogens is 357 g/mol. The van der Waals surface area contributed by atoms with Gasteiger partial charge in [0.2, 0.25) is 0 Å². The highest BCUT2D eigenvalue weighted by atomic mass is 19.1. The molecule has 5 nitrogen and oxygen atoms in total. The van der Waals surface area contributed by atoms with Gasteiger partial charge in [-0.3, -0.25) is 4.90 Å². The Morgan fingerprint density at radius 1 is 1.25 bits per heavy atom. The summed E-state index contributed by atoms with van der Waals surface area (Å²) in [5.74, 6) is 1.71. The molecule has 0 unspecified atom stereocenters. The predicted molar refractivity (Wildman–Crippen MR) is 105 cm³/mol. The maximum atomic E-state index is 14.6. The molecule has 2 aromatic rings. The van der Waals surface area contributed by atoms with Gasteiger partial charge in [0.25, 0.3) is 0 Å². The molecule has 1 saturated heterocycles. The number of cyclic esters (lactones) is 1. The van der Waals surface area contributed by atoms with Crippen LogP contribution in [-0.4, -0.2) is 28.7 Å². The summed E-state index contributed by atoms with van der Waals surface area (Å²) in [4.78, 5) is 22.7. The molecule has 0 radical (unpaired) electrons. The molecule has 1 aromatic heterocycles. The van der Waals surface area contributed by atoms with Crippen LogP contribution in [0.2, 0.25) is 0 Å². The molecule has 1 amide bonds. The molecule has 1 aliphatic carbocycles. The molecule has 0 spiro atoms. The van der Waals surface area contributed by atoms with Gasteiger partial charge in [-0.05, 0) is 53.9 Å². The summed E-state index contributed by atoms with van der Waals surface area (Å²) in [6.45, 7) is 6.45. The minimum Gasteiger partial charge on any atom is -0.447 e. The summed E-state index contributed by atoms with van der Waals surface area (Å²) in [6.07, 6.45) is 4.09. The minimum atomic E-state index is -0.377. The van der Waals surface area contributed by atoms with E-state index in [1.165, 1.54) is 0 Å². The molecule has 2 heterocycles. The first-order chi connectivity index (χ1) is 13.4. The Morgan fingerprint density at radius 3 is 2.71 bits per heavy atom. The van der Waals surface area contributed by atoms with E-state index in [0.717, 1.165) is 18.4 Å². The van der Waals surface area contributed by atoms with E-state index in [0.29, 0.717) is 36.2 Å². The van der Waals surface area contributed by atoms with E-state index in [9.17, 15) is 9.18 Å². The largest absolute Gasteiger partial charge is 0.447 e. The molecule has 2 fully saturated rings. The molecule has 4 rings (SSSR count). The molecule has 1 aromatic carbocycles. The number of anilines is 1. The van der Waals surface area contributed by atoms with Crippen LogP contribution in [0.3, 0.4) is 0 Å². The highest BCUT2D eigenvalue weighted by molar-refractivity contribution is 5.89. The molecular formula is C22H26FN3O2. The monoisotopic (exact) mass is 383 g/mol. The summed E-state index contributed by atoms with van der Waals surface area (Å²) < 4.78 is 19.8. The van der Waals surface area contributed by atoms with Crippen LogP contribution in [0.5, 0.6) is 0 Å². The second kappa shape index (κ2) is 7.49. The summed E-state index contributed by atoms with van der Waals surface area (Å²) in [7, 11) is 0. The van der Waals surface area contributed by atoms with Crippen molar-refractivity contribution < 1.29 is 13.9 Å². The first kappa shape index (κ1) is 18.8. The van der Waals surface area contributed by atoms with Gasteiger partial charge in [0.05, 0.1) is 6.04 Å². The second-order valence-corrected chi connectivity index (χ2v) is 8.25. The topological polar surface area (TPSA) is 55.3 Å². The van der Waals surface area contributed by atoms with E-state index in [4.69, 9.17) is 4.74 Å². The van der Waals surface area contributed by atoms with Gasteiger partial charge in [-0.2, -0.15) is 0 Å². The Bertz CT molecular complexity index is 882. The van der Waals surface area contributed by atoms with Gasteiger partial charge >= 0.3 is 6.09 Å². The van der Waals surface area contributed by atoms with Crippen molar-refractivity contribution in [1.29, 1.82) is 0 Å². The fourth-order valence-corrected chi connectivity index (χ4v) is 3.81. The lowest BCUT2D eigenvalue weighted by Crippen LogP contribution is -2.37. The maximum absolute atomic E-state index is 14.6. The number of amides is 1. The number of benzene rings is 1. The van der Waals surface area contributed by atoms with Crippen molar-refractivity contribution in [3.05, 3.63) is 53.2 Å². The lowest BCUT2D eigenvalue weighted by atomic mass is 9.95. The molecule has 0 bridgehead atoms. The van der Waals surface area contributed by atoms with Crippen molar-refractivity contribution in [3.8, 4) is 0 Å². The van der Waals surface area contributed by atoms with E-state index in [2.05, 4.69) is 23.8 Å². The fourth-order valence-electron chi connectivity index (χ4n) is 3.81. The van der Waals surface area contributed by atoms with Crippen LogP contribution in [0.25, 0.3) is 0 Å². The normalized spacial score (nSPS) is 20.5. The Morgan fingerprint density at radius 2 is 2.04 bits per heavy atom. The first-order valence-corrected chi connectivity index (χ1v) is 10.0. The van der Waals surface area contributed by atoms with E-state index in [1.54, 1.807) is 23.2 Å². The fraction of sp³-hybridized carbons (Fsp3) is 0.500. The lowest BCUT2D eigenvalue weighted by Gasteiger charge is -2.23. The average molecular weight is 383 g/mol. The van der Waals surface area contributed by atoms with E-state index in [1.807, 2.05) is 19.1 Å². The van der Waals surface area contributed by atoms with Gasteiger partial charge in [-0.1, -0.05) is 32.9 Å². The number of hydrogen-bond acceptors (Lipinski definition) is 4. The molecule has 1 saturated carbocycles. The van der Waals surface area contributed by atoms with Crippen LogP contribution in [0.15, 0.2) is 30.5 Å². The molecule has 1 aliphatic heterocycles. The quantitative estimate of drug-likeness (QED) is 0.718. The summed E-state index contributed by atoms with van der Waals surface area (Å²) in [5, 5.41) is 0. The van der Waals surface area contributed by atoms with E-state index in [-0.39, 0.29) is 29.8 Å². The number of aromatic nitrogens is 2. The van der Waals surface area contributed by atoms with Crippen molar-refractivity contribution in [2.24, 2.45) is 5.92 Å². The highest BCUT2D eigenvalue weighted by Crippen LogP contribution is 2.41. The summed E-state index contributed by atoms with van der Waals surface area (Å²) in [6, 6.07) is 7.29. The Kier molecular flexibility index (Phi) is 5.04. The van der Waals surface area contributed by atoms with Gasteiger partial charge in [-0.15, -0.1) is 0 Å². The molecule has 6 heteroatoms. The van der Waals surface area contributed by atoms with Gasteiger partial charge in [0.1, 0.15) is 24.1 Å². The zero-order valence-electron chi connectivity index (χ0n) is 16.6. The molecule has 28 heavy (non-hydrogen) atoms. The van der Waals surface area contributed by atoms with Crippen LogP contribution in [0, 0.1) is 11.7 Å². The Labute approximate surface area is 164 Å². The predicted octanol–water partition coefficient (Wildman–Crippen LogP) is 4.82. The Balaban J connectivity index is 1.52. The van der Waals surface area contributed by atoms with Crippen LogP contribution in [0.4, 0.5) is 15.0 Å². The molecule has 148 valence electrons. The molecule has 2 atom stereocenters. The number of carbonyl (C=O) groups excluding carboxylic acids is 1. The third kappa shape index (κ3) is 3.73. The van der Waals surface area contributed by atoms with Crippen LogP contribution in [-0.2, 0) is 11.2 Å². The summed E-state index contributed by atoms with van der Waals surface area (Å²) in [5.41, 5.74) is 1.78. The van der Waals surface area contributed by atoms with Gasteiger partial charge in [0, 0.05) is 12.6 Å². The van der Waals surface area contributed by atoms with Crippen LogP contribution in [0.1, 0.15) is 62.4 Å². The van der Waals surface area contributed by atoms with Crippen molar-refractivity contribution >= 4 is 11.9 Å². The van der Waals surface area contributed by atoms with Gasteiger partial charge < -0.3 is 4.74 Å². The van der Waals surface area contributed by atoms with Crippen LogP contribution >= 0.6 is 0 Å². The number of rotatable bonds is 6. The average Bonchev–Trinajstić information content (AvgIpc) is 3.43. The Hall–Kier alpha value is -2.50. The zero-order chi connectivity index (χ0) is 19.8. The highest BCUT2D eigenvalue weighted by Gasteiger charge is 2.37. The smallest absolute Gasteiger partial charge is 0.415 e. The molecule has 2 aliphatic rings. The number of hydrogen-bond donors (Lipinski definition) is 0. The summed E-state index contributed by atoms with van der Waals surface area (Å²) >= 11 is 0. The number of halogens is 1. The third-order valence-electron chi connectivity index (χ3n) is 5.71. The molecule has 0 N–H and O–H groups in total. The lowest BCUT2D eigenvalue weighted by molar-refractivity contribution is 0.177. The third-order valence-corrected chi connectivity index (χ3v) is 5.71. The van der Waals surface area contributed by atoms with Gasteiger partial charge in [-0.25, -0.2) is 19.2 Å². The van der Waals surface area contributed by atoms with E-state index >= 15 is 0 Å². The van der Waals surface area contributed by atoms with E-state index < -0.39 is 0 Å². The zero-order valence-corrected chi connectivity index (χ0v) is 16.6. The standard InChI is InChI=1S/C22H26FN3O2/c1-13(2)19-12-28-22(27)26(19)21-8-9-24-20(25-21)10-14(3)17-7-6-16(11-18(17)23)15-4-5-15/h6-9,11,13-15,19H,4-5,10,12H2,1-3H3/t14-,19-/m1/s1.